The van der Waals surface area contributed by atoms with E-state index in [9.17, 15) is 54.6 Å². The second-order valence-electron chi connectivity index (χ2n) is 38.2. The monoisotopic (exact) mass is 1750 g/mol. The van der Waals surface area contributed by atoms with Crippen molar-refractivity contribution in [3.05, 3.63) is 153 Å². The molecular formula is C94H129IN8O16. The molecule has 648 valence electrons. The van der Waals surface area contributed by atoms with Crippen LogP contribution >= 0.6 is 22.6 Å². The van der Waals surface area contributed by atoms with Crippen LogP contribution in [0.1, 0.15) is 159 Å². The summed E-state index contributed by atoms with van der Waals surface area (Å²) in [6.07, 6.45) is 2.23. The van der Waals surface area contributed by atoms with Crippen molar-refractivity contribution in [2.75, 3.05) is 72.4 Å². The fraction of sp³-hybridized carbons (Fsp3) is 0.628. The lowest BCUT2D eigenvalue weighted by molar-refractivity contribution is -0.183. The van der Waals surface area contributed by atoms with E-state index in [0.717, 1.165) is 61.8 Å². The number of nitrogens with one attached hydrogen (secondary N) is 3. The van der Waals surface area contributed by atoms with Crippen LogP contribution < -0.4 is 16.0 Å². The summed E-state index contributed by atoms with van der Waals surface area (Å²) in [4.78, 5) is 89.2. The predicted octanol–water partition coefficient (Wildman–Crippen LogP) is 9.93. The fourth-order valence-electron chi connectivity index (χ4n) is 22.8. The molecule has 119 heavy (non-hydrogen) atoms. The molecule has 14 aliphatic rings. The van der Waals surface area contributed by atoms with E-state index in [1.54, 1.807) is 36.0 Å². The molecule has 6 bridgehead atoms. The molecule has 5 aromatic carbocycles. The summed E-state index contributed by atoms with van der Waals surface area (Å²) in [7, 11) is 0. The first kappa shape index (κ1) is 88.9. The van der Waals surface area contributed by atoms with Gasteiger partial charge in [0, 0.05) is 76.8 Å². The first-order valence-electron chi connectivity index (χ1n) is 43.7. The van der Waals surface area contributed by atoms with Crippen molar-refractivity contribution in [1.29, 1.82) is 0 Å². The number of morpholine rings is 2. The second-order valence-corrected chi connectivity index (χ2v) is 39.4. The SMILES string of the molecule is C[C@@H]1[C@@H](NC(=O)[C@@H]2[C@H]([C@H](C)O)[C@H](CO)ON2Cc2cccc(-c3ccc(C(=O)N4CCOCC4)cc3)c2)C[C@H]2C[C@@H]1C2(C)C.C[C@@H]1[C@@H](NC(=O)[C@@H]2[C@H]([C@H](C)O)[C@H](CO)ON2Cc2cccc(-c3ccc(C(=O)N4CCOCC4)cc3)c2)C[C@H]2C[C@@H]1C2(C)C.C[C@@H]1[C@@H](NC(=O)[C@@H]2[C@H]([C@H](C)O)[C@H](CO)ON2Cc2cccc(I)c2)C[C@H]2C[C@@H]1C2(C)C. The highest BCUT2D eigenvalue weighted by molar-refractivity contribution is 14.1. The zero-order valence-electron chi connectivity index (χ0n) is 71.4. The third-order valence-electron chi connectivity index (χ3n) is 30.5. The van der Waals surface area contributed by atoms with Crippen LogP contribution in [0.3, 0.4) is 0 Å². The third-order valence-corrected chi connectivity index (χ3v) is 31.1. The Morgan fingerprint density at radius 1 is 0.420 bits per heavy atom. The van der Waals surface area contributed by atoms with Gasteiger partial charge in [0.15, 0.2) is 0 Å². The molecule has 5 saturated heterocycles. The minimum Gasteiger partial charge on any atom is -0.394 e. The molecule has 9 saturated carbocycles. The van der Waals surface area contributed by atoms with Crippen molar-refractivity contribution in [3.8, 4) is 22.3 Å². The number of aliphatic hydroxyl groups excluding tert-OH is 6. The van der Waals surface area contributed by atoms with Crippen molar-refractivity contribution >= 4 is 52.1 Å². The van der Waals surface area contributed by atoms with E-state index in [4.69, 9.17) is 24.0 Å². The highest BCUT2D eigenvalue weighted by Crippen LogP contribution is 2.63. The maximum Gasteiger partial charge on any atom is 0.254 e. The molecule has 5 heterocycles. The molecule has 5 aliphatic heterocycles. The van der Waals surface area contributed by atoms with Crippen molar-refractivity contribution in [3.63, 3.8) is 0 Å². The Bertz CT molecular complexity index is 4140. The first-order chi connectivity index (χ1) is 56.8. The smallest absolute Gasteiger partial charge is 0.254 e. The van der Waals surface area contributed by atoms with Crippen LogP contribution in [-0.2, 0) is 58.0 Å². The van der Waals surface area contributed by atoms with Crippen molar-refractivity contribution in [1.82, 2.24) is 40.9 Å². The van der Waals surface area contributed by atoms with Crippen LogP contribution in [0.15, 0.2) is 121 Å². The molecule has 0 aromatic heterocycles. The van der Waals surface area contributed by atoms with Crippen LogP contribution in [0.25, 0.3) is 22.3 Å². The Labute approximate surface area is 716 Å². The van der Waals surface area contributed by atoms with Gasteiger partial charge in [-0.05, 0) is 239 Å². The largest absolute Gasteiger partial charge is 0.394 e. The molecule has 14 fully saturated rings. The minimum absolute atomic E-state index is 0.0126. The number of ether oxygens (including phenoxy) is 2. The number of halogens is 1. The average molecular weight is 1750 g/mol. The number of nitrogens with zero attached hydrogens (tertiary/aromatic N) is 5. The molecule has 24 atom stereocenters. The summed E-state index contributed by atoms with van der Waals surface area (Å²) in [5.74, 6) is 2.86. The highest BCUT2D eigenvalue weighted by atomic mass is 127. The summed E-state index contributed by atoms with van der Waals surface area (Å²) < 4.78 is 11.8. The molecule has 9 aliphatic carbocycles. The van der Waals surface area contributed by atoms with E-state index in [1.807, 2.05) is 113 Å². The van der Waals surface area contributed by atoms with Crippen LogP contribution in [0.5, 0.6) is 0 Å². The number of hydrogen-bond donors (Lipinski definition) is 9. The number of carbonyl (C=O) groups is 5. The van der Waals surface area contributed by atoms with Crippen molar-refractivity contribution < 1.29 is 78.6 Å². The Kier molecular flexibility index (Phi) is 27.8. The van der Waals surface area contributed by atoms with E-state index in [-0.39, 0.29) is 67.5 Å². The number of fused-ring (bicyclic) bond motifs is 6. The van der Waals surface area contributed by atoms with E-state index < -0.39 is 72.5 Å². The molecule has 5 aromatic rings. The second kappa shape index (κ2) is 37.2. The summed E-state index contributed by atoms with van der Waals surface area (Å²) in [6.45, 7) is 30.7. The highest BCUT2D eigenvalue weighted by Gasteiger charge is 2.61. The summed E-state index contributed by atoms with van der Waals surface area (Å²) in [5.41, 5.74) is 9.12. The normalized spacial score (nSPS) is 33.6. The summed E-state index contributed by atoms with van der Waals surface area (Å²) in [5, 5.41) is 77.1. The van der Waals surface area contributed by atoms with Crippen molar-refractivity contribution in [2.45, 2.75) is 214 Å². The molecule has 25 heteroatoms. The summed E-state index contributed by atoms with van der Waals surface area (Å²) >= 11 is 2.27. The number of aliphatic hydroxyl groups is 6. The number of rotatable bonds is 22. The van der Waals surface area contributed by atoms with Crippen LogP contribution in [0.2, 0.25) is 0 Å². The van der Waals surface area contributed by atoms with Gasteiger partial charge in [0.05, 0.1) is 84.2 Å². The third kappa shape index (κ3) is 18.5. The fourth-order valence-corrected chi connectivity index (χ4v) is 23.4. The summed E-state index contributed by atoms with van der Waals surface area (Å²) in [6, 6.07) is 37.6. The molecule has 9 N–H and O–H groups in total. The first-order valence-corrected chi connectivity index (χ1v) is 44.8. The van der Waals surface area contributed by atoms with Crippen LogP contribution in [0.4, 0.5) is 0 Å². The minimum atomic E-state index is -0.839. The lowest BCUT2D eigenvalue weighted by Crippen LogP contribution is -2.62. The van der Waals surface area contributed by atoms with Gasteiger partial charge < -0.3 is 65.9 Å². The van der Waals surface area contributed by atoms with Gasteiger partial charge in [0.1, 0.15) is 36.4 Å². The maximum absolute atomic E-state index is 13.9. The van der Waals surface area contributed by atoms with E-state index in [0.29, 0.717) is 153 Å². The Morgan fingerprint density at radius 2 is 0.714 bits per heavy atom. The predicted molar refractivity (Wildman–Crippen MR) is 459 cm³/mol. The van der Waals surface area contributed by atoms with Gasteiger partial charge in [0.2, 0.25) is 17.7 Å². The van der Waals surface area contributed by atoms with Crippen molar-refractivity contribution in [2.24, 2.45) is 87.3 Å². The topological polar surface area (TPSA) is 305 Å². The number of amides is 5. The number of carbonyl (C=O) groups excluding carboxylic acids is 5. The lowest BCUT2D eigenvalue weighted by Gasteiger charge is -2.62. The van der Waals surface area contributed by atoms with Gasteiger partial charge >= 0.3 is 0 Å². The number of hydroxylamine groups is 6. The average Bonchev–Trinajstić information content (AvgIpc) is 1.15. The van der Waals surface area contributed by atoms with Gasteiger partial charge in [0.25, 0.3) is 11.8 Å². The van der Waals surface area contributed by atoms with E-state index in [2.05, 4.69) is 119 Å². The van der Waals surface area contributed by atoms with Crippen LogP contribution in [0, 0.1) is 90.8 Å². The molecular weight excluding hydrogens is 1620 g/mol. The van der Waals surface area contributed by atoms with E-state index in [1.165, 1.54) is 19.3 Å². The Morgan fingerprint density at radius 3 is 0.983 bits per heavy atom. The molecule has 0 unspecified atom stereocenters. The van der Waals surface area contributed by atoms with Gasteiger partial charge in [-0.1, -0.05) is 135 Å². The molecule has 19 rings (SSSR count). The molecule has 5 amide bonds. The maximum atomic E-state index is 13.9. The quantitative estimate of drug-likeness (QED) is 0.0291. The van der Waals surface area contributed by atoms with Gasteiger partial charge in [-0.2, -0.15) is 15.2 Å². The molecule has 0 spiro atoms. The van der Waals surface area contributed by atoms with Crippen LogP contribution in [-0.4, -0.2) is 230 Å². The van der Waals surface area contributed by atoms with Gasteiger partial charge in [-0.15, -0.1) is 0 Å². The Hall–Kier alpha value is -6.38. The number of hydrogen-bond acceptors (Lipinski definition) is 19. The lowest BCUT2D eigenvalue weighted by atomic mass is 9.45. The van der Waals surface area contributed by atoms with E-state index >= 15 is 0 Å². The number of benzene rings is 5. The van der Waals surface area contributed by atoms with Gasteiger partial charge in [-0.3, -0.25) is 38.5 Å². The molecule has 0 radical (unpaired) electrons. The Balaban J connectivity index is 0.000000149. The zero-order valence-corrected chi connectivity index (χ0v) is 73.6. The molecule has 24 nitrogen and oxygen atoms in total. The zero-order chi connectivity index (χ0) is 84.8. The van der Waals surface area contributed by atoms with Gasteiger partial charge in [-0.25, -0.2) is 0 Å². The standard InChI is InChI=1S/2C35H47N3O6.C24H35IN2O4/c2*1-21-28-17-27(35(28,3)4)18-29(21)36-33(41)32-31(22(2)40)30(20-39)44-38(32)19-23-6-5-7-26(16-23)24-8-10-25(11-9-24)34(42)37-12-14-43-15-13-37;1-13-18-9-16(24(18,3)4)10-19(13)26-23(30)22-21(14(2)29)20(12-28)31-27(22)11-15-6-5-7-17(25)8-15/h2*5-11,16,21-22,27-32,39-40H,12-15,17-20H2,1-4H3,(H,36,41);5-8,13-14,16,18-22,28-29H,9-12H2,1-4H3,(H,26,30)/t2*21-,22-,27+,28-,29-,30-,31+,32-;13-,14-,16+,18-,19-,20-,21+,22-/m000/s1.